The summed E-state index contributed by atoms with van der Waals surface area (Å²) in [7, 11) is 0. The lowest BCUT2D eigenvalue weighted by Gasteiger charge is -2.26. The molecular formula is C15H15ClN4O2S. The Kier molecular flexibility index (Phi) is 4.49. The fourth-order valence-electron chi connectivity index (χ4n) is 2.31. The van der Waals surface area contributed by atoms with E-state index in [1.54, 1.807) is 29.2 Å². The van der Waals surface area contributed by atoms with Crippen LogP contribution in [0.3, 0.4) is 0 Å². The zero-order valence-electron chi connectivity index (χ0n) is 12.4. The van der Waals surface area contributed by atoms with Crippen LogP contribution in [0.2, 0.25) is 5.02 Å². The zero-order chi connectivity index (χ0) is 16.4. The molecule has 1 aromatic heterocycles. The summed E-state index contributed by atoms with van der Waals surface area (Å²) in [4.78, 5) is 30.6. The van der Waals surface area contributed by atoms with E-state index >= 15 is 0 Å². The number of amides is 3. The lowest BCUT2D eigenvalue weighted by Crippen LogP contribution is -2.38. The fraction of sp³-hybridized carbons (Fsp3) is 0.267. The molecule has 1 aromatic carbocycles. The summed E-state index contributed by atoms with van der Waals surface area (Å²) >= 11 is 7.24. The van der Waals surface area contributed by atoms with Gasteiger partial charge in [0.2, 0.25) is 5.91 Å². The second-order valence-electron chi connectivity index (χ2n) is 5.18. The van der Waals surface area contributed by atoms with Crippen LogP contribution in [0.4, 0.5) is 15.6 Å². The highest BCUT2D eigenvalue weighted by atomic mass is 35.5. The van der Waals surface area contributed by atoms with Crippen LogP contribution in [-0.4, -0.2) is 28.4 Å². The van der Waals surface area contributed by atoms with E-state index in [4.69, 9.17) is 11.6 Å². The molecule has 0 aliphatic carbocycles. The van der Waals surface area contributed by atoms with E-state index in [9.17, 15) is 9.59 Å². The van der Waals surface area contributed by atoms with Crippen molar-refractivity contribution < 1.29 is 9.59 Å². The molecule has 8 heteroatoms. The first-order chi connectivity index (χ1) is 11.0. The minimum atomic E-state index is -0.160. The summed E-state index contributed by atoms with van der Waals surface area (Å²) in [6.07, 6.45) is 0.680. The van der Waals surface area contributed by atoms with Gasteiger partial charge in [-0.2, -0.15) is 0 Å². The Morgan fingerprint density at radius 2 is 2.00 bits per heavy atom. The SMILES string of the molecule is CC(=O)Nc1nc2c(s1)CN(C(=O)Nc1ccc(Cl)cc1)CC2. The minimum Gasteiger partial charge on any atom is -0.319 e. The molecule has 0 fully saturated rings. The van der Waals surface area contributed by atoms with Crippen LogP contribution in [0.5, 0.6) is 0 Å². The molecule has 0 spiro atoms. The van der Waals surface area contributed by atoms with Crippen molar-refractivity contribution in [2.45, 2.75) is 19.9 Å². The number of benzene rings is 1. The minimum absolute atomic E-state index is 0.145. The maximum atomic E-state index is 12.3. The van der Waals surface area contributed by atoms with Crippen molar-refractivity contribution in [3.8, 4) is 0 Å². The summed E-state index contributed by atoms with van der Waals surface area (Å²) in [5, 5.41) is 6.75. The number of rotatable bonds is 2. The van der Waals surface area contributed by atoms with Gasteiger partial charge in [0, 0.05) is 35.5 Å². The number of hydrogen-bond donors (Lipinski definition) is 2. The van der Waals surface area contributed by atoms with Crippen molar-refractivity contribution in [2.24, 2.45) is 0 Å². The van der Waals surface area contributed by atoms with Gasteiger partial charge in [0.25, 0.3) is 0 Å². The summed E-state index contributed by atoms with van der Waals surface area (Å²) in [6, 6.07) is 6.82. The van der Waals surface area contributed by atoms with Crippen LogP contribution in [-0.2, 0) is 17.8 Å². The monoisotopic (exact) mass is 350 g/mol. The maximum absolute atomic E-state index is 12.3. The van der Waals surface area contributed by atoms with Crippen LogP contribution in [0.1, 0.15) is 17.5 Å². The van der Waals surface area contributed by atoms with Gasteiger partial charge in [-0.1, -0.05) is 22.9 Å². The van der Waals surface area contributed by atoms with E-state index in [1.807, 2.05) is 0 Å². The predicted octanol–water partition coefficient (Wildman–Crippen LogP) is 3.35. The number of carbonyl (C=O) groups excluding carboxylic acids is 2. The summed E-state index contributed by atoms with van der Waals surface area (Å²) in [5.41, 5.74) is 1.66. The Balaban J connectivity index is 1.66. The first-order valence-electron chi connectivity index (χ1n) is 7.09. The Bertz CT molecular complexity index is 744. The molecule has 3 amide bonds. The van der Waals surface area contributed by atoms with Gasteiger partial charge in [0.15, 0.2) is 5.13 Å². The van der Waals surface area contributed by atoms with Gasteiger partial charge in [-0.15, -0.1) is 0 Å². The number of fused-ring (bicyclic) bond motifs is 1. The molecule has 1 aliphatic heterocycles. The van der Waals surface area contributed by atoms with Crippen molar-refractivity contribution >= 4 is 45.7 Å². The second-order valence-corrected chi connectivity index (χ2v) is 6.70. The maximum Gasteiger partial charge on any atom is 0.322 e. The normalized spacial score (nSPS) is 13.4. The highest BCUT2D eigenvalue weighted by Gasteiger charge is 2.24. The molecule has 23 heavy (non-hydrogen) atoms. The number of aromatic nitrogens is 1. The molecule has 0 saturated heterocycles. The largest absolute Gasteiger partial charge is 0.322 e. The third-order valence-electron chi connectivity index (χ3n) is 3.40. The van der Waals surface area contributed by atoms with E-state index in [-0.39, 0.29) is 11.9 Å². The number of hydrogen-bond acceptors (Lipinski definition) is 4. The van der Waals surface area contributed by atoms with E-state index in [0.29, 0.717) is 35.4 Å². The molecule has 0 bridgehead atoms. The van der Waals surface area contributed by atoms with Gasteiger partial charge in [0.1, 0.15) is 0 Å². The molecule has 0 radical (unpaired) electrons. The Morgan fingerprint density at radius 3 is 2.70 bits per heavy atom. The summed E-state index contributed by atoms with van der Waals surface area (Å²) in [5.74, 6) is -0.145. The lowest BCUT2D eigenvalue weighted by molar-refractivity contribution is -0.114. The summed E-state index contributed by atoms with van der Waals surface area (Å²) in [6.45, 7) is 2.54. The molecule has 1 aliphatic rings. The topological polar surface area (TPSA) is 74.3 Å². The Morgan fingerprint density at radius 1 is 1.26 bits per heavy atom. The van der Waals surface area contributed by atoms with Crippen molar-refractivity contribution in [3.63, 3.8) is 0 Å². The van der Waals surface area contributed by atoms with Crippen molar-refractivity contribution in [1.29, 1.82) is 0 Å². The molecule has 2 N–H and O–H groups in total. The average molecular weight is 351 g/mol. The second kappa shape index (κ2) is 6.55. The molecule has 0 atom stereocenters. The zero-order valence-corrected chi connectivity index (χ0v) is 14.0. The number of nitrogens with zero attached hydrogens (tertiary/aromatic N) is 2. The van der Waals surface area contributed by atoms with Crippen LogP contribution in [0.15, 0.2) is 24.3 Å². The number of urea groups is 1. The molecule has 2 heterocycles. The Hall–Kier alpha value is -2.12. The van der Waals surface area contributed by atoms with Crippen molar-refractivity contribution in [1.82, 2.24) is 9.88 Å². The Labute approximate surface area is 142 Å². The number of thiazole rings is 1. The highest BCUT2D eigenvalue weighted by molar-refractivity contribution is 7.15. The van der Waals surface area contributed by atoms with Gasteiger partial charge in [-0.25, -0.2) is 9.78 Å². The average Bonchev–Trinajstić information content (AvgIpc) is 2.89. The lowest BCUT2D eigenvalue weighted by atomic mass is 10.2. The molecular weight excluding hydrogens is 336 g/mol. The van der Waals surface area contributed by atoms with Gasteiger partial charge in [0.05, 0.1) is 12.2 Å². The fourth-order valence-corrected chi connectivity index (χ4v) is 3.50. The highest BCUT2D eigenvalue weighted by Crippen LogP contribution is 2.28. The van der Waals surface area contributed by atoms with Gasteiger partial charge in [-0.05, 0) is 24.3 Å². The molecule has 6 nitrogen and oxygen atoms in total. The first kappa shape index (κ1) is 15.8. The summed E-state index contributed by atoms with van der Waals surface area (Å²) < 4.78 is 0. The molecule has 0 saturated carbocycles. The van der Waals surface area contributed by atoms with E-state index in [1.165, 1.54) is 18.3 Å². The van der Waals surface area contributed by atoms with Crippen LogP contribution < -0.4 is 10.6 Å². The standard InChI is InChI=1S/C15H15ClN4O2S/c1-9(21)17-14-19-12-6-7-20(8-13(12)23-14)15(22)18-11-4-2-10(16)3-5-11/h2-5H,6-8H2,1H3,(H,18,22)(H,17,19,21). The van der Waals surface area contributed by atoms with Crippen molar-refractivity contribution in [2.75, 3.05) is 17.2 Å². The van der Waals surface area contributed by atoms with Crippen LogP contribution in [0.25, 0.3) is 0 Å². The number of anilines is 2. The van der Waals surface area contributed by atoms with E-state index in [2.05, 4.69) is 15.6 Å². The van der Waals surface area contributed by atoms with Gasteiger partial charge >= 0.3 is 6.03 Å². The predicted molar refractivity (Wildman–Crippen MR) is 91.0 cm³/mol. The first-order valence-corrected chi connectivity index (χ1v) is 8.28. The van der Waals surface area contributed by atoms with Gasteiger partial charge in [-0.3, -0.25) is 4.79 Å². The van der Waals surface area contributed by atoms with Crippen LogP contribution >= 0.6 is 22.9 Å². The number of carbonyl (C=O) groups is 2. The molecule has 120 valence electrons. The third kappa shape index (κ3) is 3.80. The van der Waals surface area contributed by atoms with Crippen molar-refractivity contribution in [3.05, 3.63) is 39.9 Å². The van der Waals surface area contributed by atoms with Crippen LogP contribution in [0, 0.1) is 0 Å². The van der Waals surface area contributed by atoms with E-state index in [0.717, 1.165) is 10.6 Å². The molecule has 0 unspecified atom stereocenters. The molecule has 2 aromatic rings. The van der Waals surface area contributed by atoms with E-state index < -0.39 is 0 Å². The smallest absolute Gasteiger partial charge is 0.319 e. The van der Waals surface area contributed by atoms with Gasteiger partial charge < -0.3 is 15.5 Å². The number of nitrogens with one attached hydrogen (secondary N) is 2. The number of halogens is 1. The quantitative estimate of drug-likeness (QED) is 0.872. The molecule has 3 rings (SSSR count). The third-order valence-corrected chi connectivity index (χ3v) is 4.65.